The summed E-state index contributed by atoms with van der Waals surface area (Å²) in [6, 6.07) is 6.30. The van der Waals surface area contributed by atoms with Crippen molar-refractivity contribution in [3.8, 4) is 0 Å². The molecule has 98 valence electrons. The molecule has 1 aromatic carbocycles. The highest BCUT2D eigenvalue weighted by atomic mass is 16.1. The van der Waals surface area contributed by atoms with Gasteiger partial charge in [-0.3, -0.25) is 4.79 Å². The van der Waals surface area contributed by atoms with E-state index in [1.807, 2.05) is 6.07 Å². The van der Waals surface area contributed by atoms with Gasteiger partial charge in [0.25, 0.3) is 0 Å². The minimum absolute atomic E-state index is 0.437. The van der Waals surface area contributed by atoms with Gasteiger partial charge in [0.1, 0.15) is 0 Å². The van der Waals surface area contributed by atoms with Crippen LogP contribution in [0.3, 0.4) is 0 Å². The van der Waals surface area contributed by atoms with E-state index in [4.69, 9.17) is 11.5 Å². The van der Waals surface area contributed by atoms with Crippen molar-refractivity contribution >= 4 is 17.3 Å². The van der Waals surface area contributed by atoms with Crippen molar-refractivity contribution in [2.75, 3.05) is 10.6 Å². The molecule has 0 aliphatic carbocycles. The molecule has 4 heteroatoms. The number of anilines is 2. The van der Waals surface area contributed by atoms with Gasteiger partial charge < -0.3 is 16.4 Å². The van der Waals surface area contributed by atoms with Crippen LogP contribution < -0.4 is 16.4 Å². The predicted octanol–water partition coefficient (Wildman–Crippen LogP) is 2.14. The zero-order valence-electron chi connectivity index (χ0n) is 11.0. The van der Waals surface area contributed by atoms with Crippen molar-refractivity contribution in [2.45, 2.75) is 45.2 Å². The first-order chi connectivity index (χ1) is 8.50. The molecule has 0 saturated carbocycles. The third kappa shape index (κ3) is 2.28. The molecule has 1 heterocycles. The number of piperidine rings is 1. The fourth-order valence-corrected chi connectivity index (χ4v) is 2.84. The topological polar surface area (TPSA) is 72.3 Å². The van der Waals surface area contributed by atoms with Crippen LogP contribution in [0.25, 0.3) is 0 Å². The lowest BCUT2D eigenvalue weighted by Gasteiger charge is -2.41. The molecule has 0 bridgehead atoms. The van der Waals surface area contributed by atoms with E-state index < -0.39 is 5.91 Å². The van der Waals surface area contributed by atoms with Crippen LogP contribution in [0.4, 0.5) is 11.4 Å². The van der Waals surface area contributed by atoms with Crippen molar-refractivity contribution in [1.29, 1.82) is 0 Å². The lowest BCUT2D eigenvalue weighted by Crippen LogP contribution is -2.44. The van der Waals surface area contributed by atoms with E-state index in [9.17, 15) is 4.79 Å². The van der Waals surface area contributed by atoms with E-state index in [2.05, 4.69) is 18.7 Å². The first kappa shape index (κ1) is 12.7. The highest BCUT2D eigenvalue weighted by Gasteiger charge is 2.26. The first-order valence-corrected chi connectivity index (χ1v) is 6.48. The second-order valence-corrected chi connectivity index (χ2v) is 5.17. The maximum Gasteiger partial charge on any atom is 0.248 e. The molecule has 1 aliphatic rings. The monoisotopic (exact) mass is 247 g/mol. The van der Waals surface area contributed by atoms with E-state index in [1.54, 1.807) is 12.1 Å². The molecule has 0 spiro atoms. The third-order valence-corrected chi connectivity index (χ3v) is 3.78. The summed E-state index contributed by atoms with van der Waals surface area (Å²) in [4.78, 5) is 13.5. The average molecular weight is 247 g/mol. The minimum Gasteiger partial charge on any atom is -0.397 e. The molecule has 1 saturated heterocycles. The molecule has 4 nitrogen and oxygen atoms in total. The zero-order chi connectivity index (χ0) is 13.3. The Morgan fingerprint density at radius 3 is 2.39 bits per heavy atom. The summed E-state index contributed by atoms with van der Waals surface area (Å²) in [6.07, 6.45) is 3.63. The number of hydrogen-bond donors (Lipinski definition) is 2. The van der Waals surface area contributed by atoms with E-state index >= 15 is 0 Å². The maximum atomic E-state index is 11.1. The van der Waals surface area contributed by atoms with Crippen molar-refractivity contribution in [3.05, 3.63) is 23.8 Å². The van der Waals surface area contributed by atoms with Crippen LogP contribution in [0.5, 0.6) is 0 Å². The summed E-state index contributed by atoms with van der Waals surface area (Å²) in [6.45, 7) is 4.44. The molecular weight excluding hydrogens is 226 g/mol. The Bertz CT molecular complexity index is 448. The van der Waals surface area contributed by atoms with E-state index in [-0.39, 0.29) is 0 Å². The SMILES string of the molecule is CC1CCCC(C)N1c1ccc(C(N)=O)cc1N. The second-order valence-electron chi connectivity index (χ2n) is 5.17. The number of carbonyl (C=O) groups excluding carboxylic acids is 1. The molecule has 2 unspecified atom stereocenters. The normalized spacial score (nSPS) is 24.0. The number of rotatable bonds is 2. The highest BCUT2D eigenvalue weighted by molar-refractivity contribution is 5.95. The van der Waals surface area contributed by atoms with Crippen LogP contribution in [-0.4, -0.2) is 18.0 Å². The Balaban J connectivity index is 2.35. The zero-order valence-corrected chi connectivity index (χ0v) is 11.0. The van der Waals surface area contributed by atoms with E-state index in [0.717, 1.165) is 5.69 Å². The fraction of sp³-hybridized carbons (Fsp3) is 0.500. The maximum absolute atomic E-state index is 11.1. The van der Waals surface area contributed by atoms with Gasteiger partial charge in [-0.2, -0.15) is 0 Å². The molecule has 2 rings (SSSR count). The molecule has 1 aliphatic heterocycles. The lowest BCUT2D eigenvalue weighted by molar-refractivity contribution is 0.100. The molecule has 0 aromatic heterocycles. The van der Waals surface area contributed by atoms with E-state index in [1.165, 1.54) is 19.3 Å². The molecule has 0 radical (unpaired) electrons. The van der Waals surface area contributed by atoms with Crippen LogP contribution >= 0.6 is 0 Å². The van der Waals surface area contributed by atoms with Gasteiger partial charge in [0.05, 0.1) is 11.4 Å². The Morgan fingerprint density at radius 1 is 1.28 bits per heavy atom. The fourth-order valence-electron chi connectivity index (χ4n) is 2.84. The quantitative estimate of drug-likeness (QED) is 0.786. The molecule has 2 atom stereocenters. The number of amides is 1. The molecule has 18 heavy (non-hydrogen) atoms. The molecule has 1 aromatic rings. The first-order valence-electron chi connectivity index (χ1n) is 6.48. The van der Waals surface area contributed by atoms with Crippen LogP contribution in [0.15, 0.2) is 18.2 Å². The van der Waals surface area contributed by atoms with Gasteiger partial charge in [-0.15, -0.1) is 0 Å². The van der Waals surface area contributed by atoms with Crippen molar-refractivity contribution in [3.63, 3.8) is 0 Å². The number of primary amides is 1. The van der Waals surface area contributed by atoms with Crippen molar-refractivity contribution in [2.24, 2.45) is 5.73 Å². The summed E-state index contributed by atoms with van der Waals surface area (Å²) in [5.41, 5.74) is 13.4. The van der Waals surface area contributed by atoms with Gasteiger partial charge in [0.2, 0.25) is 5.91 Å². The largest absolute Gasteiger partial charge is 0.397 e. The summed E-state index contributed by atoms with van der Waals surface area (Å²) in [7, 11) is 0. The molecular formula is C14H21N3O. The Hall–Kier alpha value is -1.71. The minimum atomic E-state index is -0.437. The summed E-state index contributed by atoms with van der Waals surface area (Å²) >= 11 is 0. The van der Waals surface area contributed by atoms with Gasteiger partial charge in [-0.25, -0.2) is 0 Å². The lowest BCUT2D eigenvalue weighted by atomic mass is 9.96. The standard InChI is InChI=1S/C14H21N3O/c1-9-4-3-5-10(2)17(9)13-7-6-11(14(16)18)8-12(13)15/h6-10H,3-5,15H2,1-2H3,(H2,16,18). The summed E-state index contributed by atoms with van der Waals surface area (Å²) < 4.78 is 0. The third-order valence-electron chi connectivity index (χ3n) is 3.78. The highest BCUT2D eigenvalue weighted by Crippen LogP contribution is 2.33. The van der Waals surface area contributed by atoms with Crippen LogP contribution in [0, 0.1) is 0 Å². The Kier molecular flexibility index (Phi) is 3.45. The van der Waals surface area contributed by atoms with Crippen LogP contribution in [0.2, 0.25) is 0 Å². The number of carbonyl (C=O) groups is 1. The molecule has 1 amide bonds. The van der Waals surface area contributed by atoms with Gasteiger partial charge in [-0.05, 0) is 51.3 Å². The Labute approximate surface area is 108 Å². The van der Waals surface area contributed by atoms with Gasteiger partial charge in [0, 0.05) is 17.6 Å². The van der Waals surface area contributed by atoms with Gasteiger partial charge >= 0.3 is 0 Å². The summed E-state index contributed by atoms with van der Waals surface area (Å²) in [5, 5.41) is 0. The van der Waals surface area contributed by atoms with Crippen molar-refractivity contribution in [1.82, 2.24) is 0 Å². The smallest absolute Gasteiger partial charge is 0.248 e. The number of hydrogen-bond acceptors (Lipinski definition) is 3. The number of nitrogens with zero attached hydrogens (tertiary/aromatic N) is 1. The molecule has 4 N–H and O–H groups in total. The predicted molar refractivity (Wildman–Crippen MR) is 74.6 cm³/mol. The van der Waals surface area contributed by atoms with Gasteiger partial charge in [-0.1, -0.05) is 0 Å². The second kappa shape index (κ2) is 4.88. The van der Waals surface area contributed by atoms with Gasteiger partial charge in [0.15, 0.2) is 0 Å². The van der Waals surface area contributed by atoms with Crippen LogP contribution in [-0.2, 0) is 0 Å². The number of nitrogens with two attached hydrogens (primary N) is 2. The van der Waals surface area contributed by atoms with E-state index in [0.29, 0.717) is 23.3 Å². The number of nitrogen functional groups attached to an aromatic ring is 1. The number of benzene rings is 1. The summed E-state index contributed by atoms with van der Waals surface area (Å²) in [5.74, 6) is -0.437. The Morgan fingerprint density at radius 2 is 1.89 bits per heavy atom. The van der Waals surface area contributed by atoms with Crippen LogP contribution in [0.1, 0.15) is 43.5 Å². The average Bonchev–Trinajstić information content (AvgIpc) is 2.30. The molecule has 1 fully saturated rings. The van der Waals surface area contributed by atoms with Crippen molar-refractivity contribution < 1.29 is 4.79 Å².